The molecule has 1 aliphatic heterocycles. The summed E-state index contributed by atoms with van der Waals surface area (Å²) >= 11 is 3.33. The minimum atomic E-state index is -0.514. The van der Waals surface area contributed by atoms with E-state index in [1.807, 2.05) is 6.07 Å². The fourth-order valence-electron chi connectivity index (χ4n) is 2.50. The van der Waals surface area contributed by atoms with Crippen LogP contribution in [-0.4, -0.2) is 44.2 Å². The van der Waals surface area contributed by atoms with Gasteiger partial charge in [-0.1, -0.05) is 22.0 Å². The van der Waals surface area contributed by atoms with Gasteiger partial charge in [0.1, 0.15) is 0 Å². The number of nitrogens with one attached hydrogen (secondary N) is 2. The van der Waals surface area contributed by atoms with Crippen LogP contribution in [0.1, 0.15) is 23.2 Å². The topological polar surface area (TPSA) is 93.5 Å². The fourth-order valence-corrected chi connectivity index (χ4v) is 2.90. The number of hydrogen-bond acceptors (Lipinski definition) is 4. The molecule has 0 aromatic heterocycles. The standard InChI is InChI=1S/C16H22BrN3O3.ClH/c17-13-3-1-2-12(10-13)15(21)19-6-7-20-16(22)14(18)11-4-8-23-9-5-11;/h1-3,10-11,14H,4-9,18H2,(H,19,21)(H,20,22);1H. The highest BCUT2D eigenvalue weighted by molar-refractivity contribution is 9.10. The maximum atomic E-state index is 12.0. The van der Waals surface area contributed by atoms with Gasteiger partial charge in [-0.3, -0.25) is 9.59 Å². The molecule has 1 aliphatic rings. The maximum Gasteiger partial charge on any atom is 0.251 e. The monoisotopic (exact) mass is 419 g/mol. The molecule has 1 aromatic rings. The number of halogens is 2. The summed E-state index contributed by atoms with van der Waals surface area (Å²) in [4.78, 5) is 23.9. The van der Waals surface area contributed by atoms with Crippen molar-refractivity contribution < 1.29 is 14.3 Å². The Bertz CT molecular complexity index is 553. The normalized spacial score (nSPS) is 15.9. The highest BCUT2D eigenvalue weighted by Crippen LogP contribution is 2.17. The van der Waals surface area contributed by atoms with E-state index >= 15 is 0 Å². The zero-order valence-corrected chi connectivity index (χ0v) is 15.7. The number of benzene rings is 1. The van der Waals surface area contributed by atoms with Crippen molar-refractivity contribution in [2.45, 2.75) is 18.9 Å². The Labute approximate surface area is 156 Å². The van der Waals surface area contributed by atoms with E-state index in [9.17, 15) is 9.59 Å². The first-order valence-electron chi connectivity index (χ1n) is 7.72. The third-order valence-corrected chi connectivity index (χ3v) is 4.37. The van der Waals surface area contributed by atoms with E-state index in [0.717, 1.165) is 17.3 Å². The van der Waals surface area contributed by atoms with Crippen molar-refractivity contribution in [2.75, 3.05) is 26.3 Å². The van der Waals surface area contributed by atoms with Crippen molar-refractivity contribution in [3.05, 3.63) is 34.3 Å². The Morgan fingerprint density at radius 2 is 1.92 bits per heavy atom. The molecular formula is C16H23BrClN3O3. The van der Waals surface area contributed by atoms with Gasteiger partial charge in [0, 0.05) is 36.3 Å². The number of hydrogen-bond donors (Lipinski definition) is 3. The summed E-state index contributed by atoms with van der Waals surface area (Å²) in [7, 11) is 0. The minimum absolute atomic E-state index is 0. The van der Waals surface area contributed by atoms with Gasteiger partial charge in [0.2, 0.25) is 5.91 Å². The van der Waals surface area contributed by atoms with Crippen LogP contribution in [0.25, 0.3) is 0 Å². The predicted octanol–water partition coefficient (Wildman–Crippen LogP) is 1.47. The second-order valence-corrected chi connectivity index (χ2v) is 6.45. The maximum absolute atomic E-state index is 12.0. The van der Waals surface area contributed by atoms with Crippen LogP contribution in [0, 0.1) is 5.92 Å². The van der Waals surface area contributed by atoms with E-state index in [1.165, 1.54) is 0 Å². The van der Waals surface area contributed by atoms with Crippen molar-refractivity contribution in [3.63, 3.8) is 0 Å². The van der Waals surface area contributed by atoms with E-state index in [0.29, 0.717) is 31.9 Å². The highest BCUT2D eigenvalue weighted by atomic mass is 79.9. The molecule has 0 spiro atoms. The number of nitrogens with two attached hydrogens (primary N) is 1. The van der Waals surface area contributed by atoms with E-state index in [4.69, 9.17) is 10.5 Å². The van der Waals surface area contributed by atoms with Crippen LogP contribution in [0.5, 0.6) is 0 Å². The first kappa shape index (κ1) is 20.9. The summed E-state index contributed by atoms with van der Waals surface area (Å²) in [6.45, 7) is 2.04. The summed E-state index contributed by atoms with van der Waals surface area (Å²) in [6, 6.07) is 6.62. The quantitative estimate of drug-likeness (QED) is 0.608. The molecule has 1 atom stereocenters. The lowest BCUT2D eigenvalue weighted by Crippen LogP contribution is -2.48. The lowest BCUT2D eigenvalue weighted by Gasteiger charge is -2.26. The van der Waals surface area contributed by atoms with Gasteiger partial charge in [-0.25, -0.2) is 0 Å². The number of amides is 2. The summed E-state index contributed by atoms with van der Waals surface area (Å²) < 4.78 is 6.11. The first-order chi connectivity index (χ1) is 11.1. The second-order valence-electron chi connectivity index (χ2n) is 5.53. The third-order valence-electron chi connectivity index (χ3n) is 3.87. The molecule has 0 bridgehead atoms. The number of carbonyl (C=O) groups excluding carboxylic acids is 2. The van der Waals surface area contributed by atoms with Gasteiger partial charge in [0.25, 0.3) is 5.91 Å². The molecule has 1 fully saturated rings. The molecule has 4 N–H and O–H groups in total. The van der Waals surface area contributed by atoms with Gasteiger partial charge in [-0.15, -0.1) is 12.4 Å². The molecule has 134 valence electrons. The smallest absolute Gasteiger partial charge is 0.251 e. The predicted molar refractivity (Wildman–Crippen MR) is 98.3 cm³/mol. The molecule has 0 radical (unpaired) electrons. The molecule has 0 saturated carbocycles. The van der Waals surface area contributed by atoms with Crippen molar-refractivity contribution >= 4 is 40.2 Å². The van der Waals surface area contributed by atoms with Gasteiger partial charge in [0.05, 0.1) is 6.04 Å². The van der Waals surface area contributed by atoms with E-state index in [2.05, 4.69) is 26.6 Å². The molecule has 6 nitrogen and oxygen atoms in total. The molecule has 8 heteroatoms. The molecule has 2 amide bonds. The van der Waals surface area contributed by atoms with Crippen LogP contribution in [0.4, 0.5) is 0 Å². The van der Waals surface area contributed by atoms with E-state index in [-0.39, 0.29) is 30.1 Å². The van der Waals surface area contributed by atoms with E-state index in [1.54, 1.807) is 18.2 Å². The number of carbonyl (C=O) groups is 2. The summed E-state index contributed by atoms with van der Waals surface area (Å²) in [5, 5.41) is 5.53. The molecule has 1 heterocycles. The average Bonchev–Trinajstić information content (AvgIpc) is 2.58. The van der Waals surface area contributed by atoms with Gasteiger partial charge in [-0.05, 0) is 37.0 Å². The Morgan fingerprint density at radius 1 is 1.25 bits per heavy atom. The van der Waals surface area contributed by atoms with Crippen LogP contribution in [0.2, 0.25) is 0 Å². The lowest BCUT2D eigenvalue weighted by molar-refractivity contribution is -0.124. The Morgan fingerprint density at radius 3 is 2.58 bits per heavy atom. The molecule has 1 saturated heterocycles. The SMILES string of the molecule is Cl.NC(C(=O)NCCNC(=O)c1cccc(Br)c1)C1CCOCC1. The number of ether oxygens (including phenoxy) is 1. The zero-order chi connectivity index (χ0) is 16.7. The van der Waals surface area contributed by atoms with Crippen molar-refractivity contribution in [1.82, 2.24) is 10.6 Å². The molecule has 1 aromatic carbocycles. The summed E-state index contributed by atoms with van der Waals surface area (Å²) in [5.41, 5.74) is 6.56. The summed E-state index contributed by atoms with van der Waals surface area (Å²) in [6.07, 6.45) is 1.63. The second kappa shape index (κ2) is 10.7. The largest absolute Gasteiger partial charge is 0.381 e. The molecular weight excluding hydrogens is 398 g/mol. The van der Waals surface area contributed by atoms with Gasteiger partial charge in [0.15, 0.2) is 0 Å². The molecule has 0 aliphatic carbocycles. The fraction of sp³-hybridized carbons (Fsp3) is 0.500. The minimum Gasteiger partial charge on any atom is -0.381 e. The molecule has 1 unspecified atom stereocenters. The third kappa shape index (κ3) is 6.39. The van der Waals surface area contributed by atoms with Crippen molar-refractivity contribution in [1.29, 1.82) is 0 Å². The van der Waals surface area contributed by atoms with Crippen molar-refractivity contribution in [3.8, 4) is 0 Å². The highest BCUT2D eigenvalue weighted by Gasteiger charge is 2.26. The zero-order valence-electron chi connectivity index (χ0n) is 13.3. The lowest BCUT2D eigenvalue weighted by atomic mass is 9.92. The van der Waals surface area contributed by atoms with E-state index < -0.39 is 6.04 Å². The Balaban J connectivity index is 0.00000288. The van der Waals surface area contributed by atoms with Crippen LogP contribution in [0.3, 0.4) is 0 Å². The van der Waals surface area contributed by atoms with Gasteiger partial charge < -0.3 is 21.1 Å². The number of rotatable bonds is 6. The molecule has 24 heavy (non-hydrogen) atoms. The Hall–Kier alpha value is -1.15. The van der Waals surface area contributed by atoms with Gasteiger partial charge in [-0.2, -0.15) is 0 Å². The van der Waals surface area contributed by atoms with Crippen molar-refractivity contribution in [2.24, 2.45) is 11.7 Å². The van der Waals surface area contributed by atoms with Crippen LogP contribution in [0.15, 0.2) is 28.7 Å². The Kier molecular flexibility index (Phi) is 9.28. The van der Waals surface area contributed by atoms with Crippen LogP contribution in [-0.2, 0) is 9.53 Å². The summed E-state index contributed by atoms with van der Waals surface area (Å²) in [5.74, 6) is -0.178. The van der Waals surface area contributed by atoms with Crippen LogP contribution >= 0.6 is 28.3 Å². The average molecular weight is 421 g/mol. The first-order valence-corrected chi connectivity index (χ1v) is 8.52. The van der Waals surface area contributed by atoms with Crippen LogP contribution < -0.4 is 16.4 Å². The molecule has 2 rings (SSSR count). The van der Waals surface area contributed by atoms with Gasteiger partial charge >= 0.3 is 0 Å².